The van der Waals surface area contributed by atoms with Crippen molar-refractivity contribution in [1.29, 1.82) is 0 Å². The summed E-state index contributed by atoms with van der Waals surface area (Å²) in [4.78, 5) is 10.9. The number of nitrogens with zero attached hydrogens (tertiary/aromatic N) is 1. The molecule has 19 heavy (non-hydrogen) atoms. The van der Waals surface area contributed by atoms with Crippen molar-refractivity contribution in [3.05, 3.63) is 18.0 Å². The van der Waals surface area contributed by atoms with Crippen molar-refractivity contribution >= 4 is 16.0 Å². The van der Waals surface area contributed by atoms with Gasteiger partial charge in [0.25, 0.3) is 0 Å². The smallest absolute Gasteiger partial charge is 0.352 e. The highest BCUT2D eigenvalue weighted by molar-refractivity contribution is 7.89. The molecule has 0 spiro atoms. The number of carboxylic acid groups (broad SMARTS) is 1. The van der Waals surface area contributed by atoms with Crippen molar-refractivity contribution < 1.29 is 23.4 Å². The number of unbranched alkanes of at least 4 members (excludes halogenated alkanes) is 1. The predicted octanol–water partition coefficient (Wildman–Crippen LogP) is 0.257. The summed E-state index contributed by atoms with van der Waals surface area (Å²) >= 11 is 0. The maximum Gasteiger partial charge on any atom is 0.352 e. The minimum absolute atomic E-state index is 0.0110. The average Bonchev–Trinajstić information content (AvgIpc) is 2.79. The molecule has 0 aliphatic carbocycles. The van der Waals surface area contributed by atoms with E-state index in [1.807, 2.05) is 0 Å². The van der Waals surface area contributed by atoms with Crippen LogP contribution in [-0.2, 0) is 16.6 Å². The zero-order valence-corrected chi connectivity index (χ0v) is 11.5. The molecule has 0 fully saturated rings. The first-order chi connectivity index (χ1) is 8.92. The Hall–Kier alpha value is -1.38. The lowest BCUT2D eigenvalue weighted by atomic mass is 10.3. The molecule has 0 bridgehead atoms. The van der Waals surface area contributed by atoms with E-state index in [2.05, 4.69) is 4.72 Å². The summed E-state index contributed by atoms with van der Waals surface area (Å²) in [5.41, 5.74) is -0.0572. The number of hydrogen-bond acceptors (Lipinski definition) is 4. The Morgan fingerprint density at radius 2 is 2.11 bits per heavy atom. The number of aliphatic hydroxyl groups is 1. The van der Waals surface area contributed by atoms with Crippen molar-refractivity contribution in [2.24, 2.45) is 0 Å². The molecule has 0 aliphatic heterocycles. The Kier molecular flexibility index (Phi) is 5.52. The Bertz CT molecular complexity index is 535. The van der Waals surface area contributed by atoms with Crippen LogP contribution >= 0.6 is 0 Å². The number of carboxylic acids is 1. The maximum absolute atomic E-state index is 11.9. The van der Waals surface area contributed by atoms with Crippen LogP contribution in [0.15, 0.2) is 17.2 Å². The summed E-state index contributed by atoms with van der Waals surface area (Å²) in [6, 6.07) is 1.14. The normalized spacial score (nSPS) is 11.7. The van der Waals surface area contributed by atoms with Gasteiger partial charge in [-0.3, -0.25) is 0 Å². The molecule has 0 saturated heterocycles. The second-order valence-electron chi connectivity index (χ2n) is 3.98. The minimum Gasteiger partial charge on any atom is -0.477 e. The lowest BCUT2D eigenvalue weighted by molar-refractivity contribution is 0.0685. The quantitative estimate of drug-likeness (QED) is 0.595. The number of aromatic carboxylic acids is 1. The van der Waals surface area contributed by atoms with Crippen molar-refractivity contribution in [3.63, 3.8) is 0 Å². The largest absolute Gasteiger partial charge is 0.477 e. The first-order valence-corrected chi connectivity index (χ1v) is 7.44. The molecule has 108 valence electrons. The molecule has 0 amide bonds. The Morgan fingerprint density at radius 3 is 2.58 bits per heavy atom. The second-order valence-corrected chi connectivity index (χ2v) is 5.75. The first-order valence-electron chi connectivity index (χ1n) is 5.96. The third-order valence-corrected chi connectivity index (χ3v) is 4.05. The molecule has 1 aromatic heterocycles. The maximum atomic E-state index is 11.9. The zero-order chi connectivity index (χ0) is 14.5. The third-order valence-electron chi connectivity index (χ3n) is 2.62. The Labute approximate surface area is 111 Å². The van der Waals surface area contributed by atoms with E-state index < -0.39 is 16.0 Å². The number of aliphatic hydroxyl groups excluding tert-OH is 1. The molecule has 0 radical (unpaired) electrons. The van der Waals surface area contributed by atoms with Crippen LogP contribution in [0.2, 0.25) is 0 Å². The summed E-state index contributed by atoms with van der Waals surface area (Å²) in [6.07, 6.45) is 2.34. The van der Waals surface area contributed by atoms with Gasteiger partial charge in [0, 0.05) is 25.9 Å². The van der Waals surface area contributed by atoms with E-state index in [0.717, 1.165) is 6.07 Å². The molecule has 0 aliphatic rings. The number of carbonyl (C=O) groups is 1. The number of nitrogens with one attached hydrogen (secondary N) is 1. The molecule has 1 rings (SSSR count). The topological polar surface area (TPSA) is 109 Å². The van der Waals surface area contributed by atoms with Gasteiger partial charge in [-0.05, 0) is 25.8 Å². The minimum atomic E-state index is -3.70. The van der Waals surface area contributed by atoms with Gasteiger partial charge in [-0.15, -0.1) is 0 Å². The first kappa shape index (κ1) is 15.7. The monoisotopic (exact) mass is 290 g/mol. The highest BCUT2D eigenvalue weighted by Crippen LogP contribution is 2.14. The average molecular weight is 290 g/mol. The molecule has 0 atom stereocenters. The van der Waals surface area contributed by atoms with Gasteiger partial charge in [0.05, 0.1) is 0 Å². The Balaban J connectivity index is 2.86. The molecule has 3 N–H and O–H groups in total. The molecule has 0 saturated carbocycles. The molecular weight excluding hydrogens is 272 g/mol. The molecular formula is C11H18N2O5S. The molecule has 0 aromatic carbocycles. The van der Waals surface area contributed by atoms with E-state index >= 15 is 0 Å². The molecule has 7 nitrogen and oxygen atoms in total. The third kappa shape index (κ3) is 4.05. The SMILES string of the molecule is CCn1cc(S(=O)(=O)NCCCCO)cc1C(=O)O. The van der Waals surface area contributed by atoms with E-state index in [1.54, 1.807) is 6.92 Å². The molecule has 1 heterocycles. The van der Waals surface area contributed by atoms with Crippen LogP contribution in [0.5, 0.6) is 0 Å². The van der Waals surface area contributed by atoms with Crippen LogP contribution in [0, 0.1) is 0 Å². The second kappa shape index (κ2) is 6.69. The van der Waals surface area contributed by atoms with Gasteiger partial charge in [-0.1, -0.05) is 0 Å². The van der Waals surface area contributed by atoms with Gasteiger partial charge in [-0.2, -0.15) is 0 Å². The van der Waals surface area contributed by atoms with Gasteiger partial charge in [-0.25, -0.2) is 17.9 Å². The number of rotatable bonds is 8. The van der Waals surface area contributed by atoms with E-state index in [1.165, 1.54) is 10.8 Å². The fourth-order valence-electron chi connectivity index (χ4n) is 1.60. The highest BCUT2D eigenvalue weighted by atomic mass is 32.2. The Morgan fingerprint density at radius 1 is 1.42 bits per heavy atom. The van der Waals surface area contributed by atoms with Gasteiger partial charge in [0.2, 0.25) is 10.0 Å². The lowest BCUT2D eigenvalue weighted by Gasteiger charge is -2.03. The van der Waals surface area contributed by atoms with Crippen LogP contribution in [0.1, 0.15) is 30.3 Å². The number of aromatic nitrogens is 1. The summed E-state index contributed by atoms with van der Waals surface area (Å²) < 4.78 is 27.6. The van der Waals surface area contributed by atoms with E-state index in [9.17, 15) is 13.2 Å². The molecule has 0 unspecified atom stereocenters. The van der Waals surface area contributed by atoms with E-state index in [4.69, 9.17) is 10.2 Å². The number of sulfonamides is 1. The van der Waals surface area contributed by atoms with Gasteiger partial charge in [0.15, 0.2) is 0 Å². The van der Waals surface area contributed by atoms with E-state index in [0.29, 0.717) is 19.4 Å². The van der Waals surface area contributed by atoms with E-state index in [-0.39, 0.29) is 23.7 Å². The highest BCUT2D eigenvalue weighted by Gasteiger charge is 2.20. The van der Waals surface area contributed by atoms with Crippen LogP contribution in [-0.4, -0.2) is 42.3 Å². The lowest BCUT2D eigenvalue weighted by Crippen LogP contribution is -2.24. The summed E-state index contributed by atoms with van der Waals surface area (Å²) in [5, 5.41) is 17.6. The summed E-state index contributed by atoms with van der Waals surface area (Å²) in [5.74, 6) is -1.16. The summed E-state index contributed by atoms with van der Waals surface area (Å²) in [7, 11) is -3.70. The zero-order valence-electron chi connectivity index (χ0n) is 10.7. The van der Waals surface area contributed by atoms with Crippen molar-refractivity contribution in [3.8, 4) is 0 Å². The van der Waals surface area contributed by atoms with Crippen LogP contribution in [0.25, 0.3) is 0 Å². The fraction of sp³-hybridized carbons (Fsp3) is 0.545. The van der Waals surface area contributed by atoms with Crippen molar-refractivity contribution in [2.45, 2.75) is 31.2 Å². The van der Waals surface area contributed by atoms with Gasteiger partial charge in [0.1, 0.15) is 10.6 Å². The summed E-state index contributed by atoms with van der Waals surface area (Å²) in [6.45, 7) is 2.33. The standard InChI is InChI=1S/C11H18N2O5S/c1-2-13-8-9(7-10(13)11(15)16)19(17,18)12-5-3-4-6-14/h7-8,12,14H,2-6H2,1H3,(H,15,16). The predicted molar refractivity (Wildman–Crippen MR) is 68.6 cm³/mol. The van der Waals surface area contributed by atoms with Crippen molar-refractivity contribution in [1.82, 2.24) is 9.29 Å². The van der Waals surface area contributed by atoms with Crippen molar-refractivity contribution in [2.75, 3.05) is 13.2 Å². The van der Waals surface area contributed by atoms with Gasteiger partial charge < -0.3 is 14.8 Å². The fourth-order valence-corrected chi connectivity index (χ4v) is 2.71. The van der Waals surface area contributed by atoms with Crippen LogP contribution in [0.4, 0.5) is 0 Å². The van der Waals surface area contributed by atoms with Gasteiger partial charge >= 0.3 is 5.97 Å². The van der Waals surface area contributed by atoms with Crippen LogP contribution < -0.4 is 4.72 Å². The molecule has 1 aromatic rings. The number of hydrogen-bond donors (Lipinski definition) is 3. The molecule has 8 heteroatoms. The van der Waals surface area contributed by atoms with Crippen LogP contribution in [0.3, 0.4) is 0 Å². The number of aryl methyl sites for hydroxylation is 1.